The molecule has 19 heavy (non-hydrogen) atoms. The van der Waals surface area contributed by atoms with Gasteiger partial charge in [0.05, 0.1) is 6.61 Å². The summed E-state index contributed by atoms with van der Waals surface area (Å²) in [6.45, 7) is 2.85. The number of hydrogen-bond donors (Lipinski definition) is 1. The molecule has 0 spiro atoms. The molecular formula is C12H16N4O3. The lowest BCUT2D eigenvalue weighted by molar-refractivity contribution is -0.144. The van der Waals surface area contributed by atoms with E-state index in [9.17, 15) is 9.59 Å². The number of aromatic nitrogens is 2. The molecule has 0 aromatic carbocycles. The molecule has 1 saturated heterocycles. The predicted octanol–water partition coefficient (Wildman–Crippen LogP) is 0.107. The van der Waals surface area contributed by atoms with Crippen molar-refractivity contribution in [2.45, 2.75) is 25.8 Å². The van der Waals surface area contributed by atoms with E-state index < -0.39 is 5.91 Å². The highest BCUT2D eigenvalue weighted by Crippen LogP contribution is 2.24. The number of hydrogen-bond acceptors (Lipinski definition) is 6. The van der Waals surface area contributed by atoms with Gasteiger partial charge in [-0.1, -0.05) is 0 Å². The molecule has 1 fully saturated rings. The molecule has 1 aliphatic heterocycles. The summed E-state index contributed by atoms with van der Waals surface area (Å²) in [6, 6.07) is 2.82. The zero-order valence-electron chi connectivity index (χ0n) is 10.7. The van der Waals surface area contributed by atoms with Crippen LogP contribution in [0.5, 0.6) is 0 Å². The summed E-state index contributed by atoms with van der Waals surface area (Å²) in [5.41, 5.74) is 5.21. The van der Waals surface area contributed by atoms with E-state index in [1.165, 1.54) is 6.07 Å². The highest BCUT2D eigenvalue weighted by molar-refractivity contribution is 5.90. The van der Waals surface area contributed by atoms with Crippen molar-refractivity contribution in [3.05, 3.63) is 17.8 Å². The van der Waals surface area contributed by atoms with Crippen LogP contribution in [0, 0.1) is 0 Å². The second-order valence-corrected chi connectivity index (χ2v) is 4.24. The van der Waals surface area contributed by atoms with Gasteiger partial charge in [0.1, 0.15) is 6.04 Å². The highest BCUT2D eigenvalue weighted by atomic mass is 16.5. The molecule has 7 nitrogen and oxygen atoms in total. The topological polar surface area (TPSA) is 98.4 Å². The summed E-state index contributed by atoms with van der Waals surface area (Å²) in [7, 11) is 0. The summed E-state index contributed by atoms with van der Waals surface area (Å²) in [5, 5.41) is 7.69. The monoisotopic (exact) mass is 264 g/mol. The predicted molar refractivity (Wildman–Crippen MR) is 67.6 cm³/mol. The van der Waals surface area contributed by atoms with Crippen LogP contribution in [0.4, 0.5) is 5.82 Å². The summed E-state index contributed by atoms with van der Waals surface area (Å²) >= 11 is 0. The summed E-state index contributed by atoms with van der Waals surface area (Å²) in [4.78, 5) is 24.6. The lowest BCUT2D eigenvalue weighted by atomic mass is 10.2. The second-order valence-electron chi connectivity index (χ2n) is 4.24. The Kier molecular flexibility index (Phi) is 3.94. The maximum Gasteiger partial charge on any atom is 0.328 e. The van der Waals surface area contributed by atoms with Gasteiger partial charge in [-0.2, -0.15) is 0 Å². The van der Waals surface area contributed by atoms with Crippen LogP contribution < -0.4 is 10.6 Å². The van der Waals surface area contributed by atoms with Crippen molar-refractivity contribution in [3.8, 4) is 0 Å². The average Bonchev–Trinajstić information content (AvgIpc) is 2.88. The second kappa shape index (κ2) is 5.64. The Balaban J connectivity index is 2.15. The van der Waals surface area contributed by atoms with E-state index in [-0.39, 0.29) is 17.7 Å². The van der Waals surface area contributed by atoms with Crippen LogP contribution >= 0.6 is 0 Å². The number of nitrogens with two attached hydrogens (primary N) is 1. The maximum absolute atomic E-state index is 11.8. The minimum Gasteiger partial charge on any atom is -0.464 e. The maximum atomic E-state index is 11.8. The molecule has 0 saturated carbocycles. The van der Waals surface area contributed by atoms with Gasteiger partial charge in [0, 0.05) is 6.54 Å². The van der Waals surface area contributed by atoms with E-state index in [1.54, 1.807) is 13.0 Å². The first-order chi connectivity index (χ1) is 9.13. The van der Waals surface area contributed by atoms with Crippen molar-refractivity contribution in [2.24, 2.45) is 5.73 Å². The molecule has 102 valence electrons. The molecule has 2 rings (SSSR count). The fraction of sp³-hybridized carbons (Fsp3) is 0.500. The number of ether oxygens (including phenoxy) is 1. The van der Waals surface area contributed by atoms with Crippen molar-refractivity contribution < 1.29 is 14.3 Å². The zero-order valence-corrected chi connectivity index (χ0v) is 10.7. The molecule has 2 N–H and O–H groups in total. The molecule has 1 aromatic rings. The van der Waals surface area contributed by atoms with Gasteiger partial charge < -0.3 is 15.4 Å². The smallest absolute Gasteiger partial charge is 0.328 e. The van der Waals surface area contributed by atoms with E-state index >= 15 is 0 Å². The minimum absolute atomic E-state index is 0.107. The van der Waals surface area contributed by atoms with E-state index in [0.717, 1.165) is 12.8 Å². The summed E-state index contributed by atoms with van der Waals surface area (Å²) in [5.74, 6) is -0.316. The third-order valence-electron chi connectivity index (χ3n) is 3.01. The first kappa shape index (κ1) is 13.3. The van der Waals surface area contributed by atoms with Crippen molar-refractivity contribution in [1.82, 2.24) is 10.2 Å². The minimum atomic E-state index is -0.623. The molecule has 0 bridgehead atoms. The normalized spacial score (nSPS) is 18.4. The summed E-state index contributed by atoms with van der Waals surface area (Å²) in [6.07, 6.45) is 1.63. The lowest BCUT2D eigenvalue weighted by Crippen LogP contribution is -2.38. The quantitative estimate of drug-likeness (QED) is 0.775. The van der Waals surface area contributed by atoms with Crippen LogP contribution in [0.3, 0.4) is 0 Å². The molecule has 1 aromatic heterocycles. The number of amides is 1. The first-order valence-electron chi connectivity index (χ1n) is 6.20. The van der Waals surface area contributed by atoms with Gasteiger partial charge >= 0.3 is 5.97 Å². The molecule has 0 aliphatic carbocycles. The zero-order chi connectivity index (χ0) is 13.8. The Labute approximate surface area is 110 Å². The van der Waals surface area contributed by atoms with Crippen molar-refractivity contribution >= 4 is 17.7 Å². The fourth-order valence-corrected chi connectivity index (χ4v) is 2.13. The van der Waals surface area contributed by atoms with Gasteiger partial charge in [-0.15, -0.1) is 10.2 Å². The van der Waals surface area contributed by atoms with Crippen LogP contribution in [-0.2, 0) is 9.53 Å². The highest BCUT2D eigenvalue weighted by Gasteiger charge is 2.32. The average molecular weight is 264 g/mol. The SMILES string of the molecule is CCOC(=O)C1CCCN1c1ccc(C(N)=O)nn1. The molecular weight excluding hydrogens is 248 g/mol. The van der Waals surface area contributed by atoms with Crippen LogP contribution in [0.25, 0.3) is 0 Å². The molecule has 1 unspecified atom stereocenters. The van der Waals surface area contributed by atoms with Crippen LogP contribution in [0.2, 0.25) is 0 Å². The van der Waals surface area contributed by atoms with E-state index in [4.69, 9.17) is 10.5 Å². The molecule has 1 amide bonds. The van der Waals surface area contributed by atoms with Crippen LogP contribution in [0.1, 0.15) is 30.3 Å². The van der Waals surface area contributed by atoms with E-state index in [1.807, 2.05) is 4.90 Å². The number of primary amides is 1. The number of rotatable bonds is 4. The van der Waals surface area contributed by atoms with Gasteiger partial charge in [-0.05, 0) is 31.9 Å². The summed E-state index contributed by atoms with van der Waals surface area (Å²) < 4.78 is 5.04. The first-order valence-corrected chi connectivity index (χ1v) is 6.20. The van der Waals surface area contributed by atoms with Gasteiger partial charge in [-0.25, -0.2) is 4.79 Å². The van der Waals surface area contributed by atoms with Crippen LogP contribution in [-0.4, -0.2) is 41.3 Å². The fourth-order valence-electron chi connectivity index (χ4n) is 2.13. The molecule has 1 atom stereocenters. The molecule has 0 radical (unpaired) electrons. The lowest BCUT2D eigenvalue weighted by Gasteiger charge is -2.23. The van der Waals surface area contributed by atoms with E-state index in [0.29, 0.717) is 19.0 Å². The number of esters is 1. The van der Waals surface area contributed by atoms with Gasteiger partial charge in [0.25, 0.3) is 5.91 Å². The number of carbonyl (C=O) groups is 2. The van der Waals surface area contributed by atoms with Crippen LogP contribution in [0.15, 0.2) is 12.1 Å². The Morgan fingerprint density at radius 2 is 2.26 bits per heavy atom. The third kappa shape index (κ3) is 2.81. The van der Waals surface area contributed by atoms with Gasteiger partial charge in [0.2, 0.25) is 0 Å². The Morgan fingerprint density at radius 3 is 2.84 bits per heavy atom. The number of carbonyl (C=O) groups excluding carboxylic acids is 2. The largest absolute Gasteiger partial charge is 0.464 e. The number of anilines is 1. The third-order valence-corrected chi connectivity index (χ3v) is 3.01. The molecule has 1 aliphatic rings. The van der Waals surface area contributed by atoms with Gasteiger partial charge in [-0.3, -0.25) is 4.79 Å². The Morgan fingerprint density at radius 1 is 1.47 bits per heavy atom. The Hall–Kier alpha value is -2.18. The number of nitrogens with zero attached hydrogens (tertiary/aromatic N) is 3. The Bertz CT molecular complexity index is 474. The van der Waals surface area contributed by atoms with Crippen molar-refractivity contribution in [3.63, 3.8) is 0 Å². The molecule has 7 heteroatoms. The van der Waals surface area contributed by atoms with Crippen molar-refractivity contribution in [2.75, 3.05) is 18.1 Å². The van der Waals surface area contributed by atoms with Crippen molar-refractivity contribution in [1.29, 1.82) is 0 Å². The van der Waals surface area contributed by atoms with E-state index in [2.05, 4.69) is 10.2 Å². The standard InChI is InChI=1S/C12H16N4O3/c1-2-19-12(18)9-4-3-7-16(9)10-6-5-8(11(13)17)14-15-10/h5-6,9H,2-4,7H2,1H3,(H2,13,17). The van der Waals surface area contributed by atoms with Gasteiger partial charge in [0.15, 0.2) is 11.5 Å². The molecule has 2 heterocycles.